The van der Waals surface area contributed by atoms with Gasteiger partial charge in [-0.15, -0.1) is 0 Å². The summed E-state index contributed by atoms with van der Waals surface area (Å²) in [7, 11) is 0. The van der Waals surface area contributed by atoms with Crippen LogP contribution in [0.3, 0.4) is 0 Å². The van der Waals surface area contributed by atoms with Gasteiger partial charge in [0.2, 0.25) is 5.91 Å². The van der Waals surface area contributed by atoms with Crippen molar-refractivity contribution in [2.24, 2.45) is 0 Å². The first-order valence-electron chi connectivity index (χ1n) is 14.0. The van der Waals surface area contributed by atoms with Crippen LogP contribution in [0, 0.1) is 0 Å². The van der Waals surface area contributed by atoms with E-state index in [0.29, 0.717) is 32.5 Å². The summed E-state index contributed by atoms with van der Waals surface area (Å²) in [6.45, 7) is 7.69. The molecule has 0 rings (SSSR count). The van der Waals surface area contributed by atoms with E-state index in [4.69, 9.17) is 4.74 Å². The van der Waals surface area contributed by atoms with Crippen molar-refractivity contribution in [3.05, 3.63) is 0 Å². The fraction of sp³-hybridized carbons (Fsp3) is 0.889. The first kappa shape index (κ1) is 32.2. The van der Waals surface area contributed by atoms with Gasteiger partial charge in [0.1, 0.15) is 6.04 Å². The number of amides is 3. The van der Waals surface area contributed by atoms with Crippen molar-refractivity contribution >= 4 is 17.9 Å². The number of rotatable bonds is 23. The van der Waals surface area contributed by atoms with Crippen LogP contribution >= 0.6 is 0 Å². The molecule has 0 saturated heterocycles. The molecule has 1 atom stereocenters. The maximum absolute atomic E-state index is 12.3. The van der Waals surface area contributed by atoms with E-state index < -0.39 is 6.04 Å². The average molecular weight is 484 g/mol. The SMILES string of the molecule is CCCCCCCCCCCC(=O)NC(CCCCNC(=O)NCCCCCC)C(=O)OCC. The molecule has 0 aliphatic carbocycles. The van der Waals surface area contributed by atoms with E-state index in [9.17, 15) is 14.4 Å². The molecule has 0 aromatic rings. The third kappa shape index (κ3) is 20.8. The standard InChI is InChI=1S/C27H53N3O4/c1-4-7-9-11-12-13-14-15-16-21-25(31)30-24(26(32)34-6-3)20-17-19-23-29-27(33)28-22-18-10-8-5-2/h24H,4-23H2,1-3H3,(H,30,31)(H2,28,29,33). The summed E-state index contributed by atoms with van der Waals surface area (Å²) < 4.78 is 5.14. The van der Waals surface area contributed by atoms with Crippen molar-refractivity contribution in [2.75, 3.05) is 19.7 Å². The summed E-state index contributed by atoms with van der Waals surface area (Å²) >= 11 is 0. The second-order valence-corrected chi connectivity index (χ2v) is 9.19. The topological polar surface area (TPSA) is 96.5 Å². The average Bonchev–Trinajstić information content (AvgIpc) is 2.82. The summed E-state index contributed by atoms with van der Waals surface area (Å²) in [5.74, 6) is -0.456. The summed E-state index contributed by atoms with van der Waals surface area (Å²) in [6.07, 6.45) is 17.8. The lowest BCUT2D eigenvalue weighted by atomic mass is 10.1. The van der Waals surface area contributed by atoms with E-state index in [1.54, 1.807) is 6.92 Å². The van der Waals surface area contributed by atoms with Crippen LogP contribution in [0.1, 0.15) is 130 Å². The normalized spacial score (nSPS) is 11.6. The largest absolute Gasteiger partial charge is 0.464 e. The van der Waals surface area contributed by atoms with Crippen molar-refractivity contribution in [1.29, 1.82) is 0 Å². The van der Waals surface area contributed by atoms with Gasteiger partial charge in [-0.1, -0.05) is 84.5 Å². The van der Waals surface area contributed by atoms with E-state index in [0.717, 1.165) is 38.5 Å². The molecule has 3 amide bonds. The van der Waals surface area contributed by atoms with Gasteiger partial charge in [0.05, 0.1) is 6.61 Å². The fourth-order valence-corrected chi connectivity index (χ4v) is 3.85. The number of hydrogen-bond acceptors (Lipinski definition) is 4. The minimum absolute atomic E-state index is 0.0819. The number of esters is 1. The maximum Gasteiger partial charge on any atom is 0.328 e. The highest BCUT2D eigenvalue weighted by atomic mass is 16.5. The highest BCUT2D eigenvalue weighted by Gasteiger charge is 2.21. The lowest BCUT2D eigenvalue weighted by Gasteiger charge is -2.17. The summed E-state index contributed by atoms with van der Waals surface area (Å²) in [5.41, 5.74) is 0. The van der Waals surface area contributed by atoms with Crippen molar-refractivity contribution in [3.63, 3.8) is 0 Å². The Morgan fingerprint density at radius 2 is 1.15 bits per heavy atom. The van der Waals surface area contributed by atoms with Gasteiger partial charge in [0.15, 0.2) is 0 Å². The summed E-state index contributed by atoms with van der Waals surface area (Å²) in [4.78, 5) is 36.4. The van der Waals surface area contributed by atoms with Gasteiger partial charge in [-0.2, -0.15) is 0 Å². The number of hydrogen-bond donors (Lipinski definition) is 3. The highest BCUT2D eigenvalue weighted by Crippen LogP contribution is 2.11. The van der Waals surface area contributed by atoms with E-state index in [1.165, 1.54) is 57.8 Å². The second kappa shape index (κ2) is 24.3. The molecule has 0 aliphatic heterocycles. The molecule has 0 radical (unpaired) electrons. The van der Waals surface area contributed by atoms with Gasteiger partial charge in [-0.25, -0.2) is 9.59 Å². The first-order valence-corrected chi connectivity index (χ1v) is 14.0. The van der Waals surface area contributed by atoms with Crippen molar-refractivity contribution in [3.8, 4) is 0 Å². The number of carbonyl (C=O) groups excluding carboxylic acids is 3. The monoisotopic (exact) mass is 483 g/mol. The second-order valence-electron chi connectivity index (χ2n) is 9.19. The third-order valence-electron chi connectivity index (χ3n) is 5.93. The Balaban J connectivity index is 3.99. The van der Waals surface area contributed by atoms with Crippen LogP contribution in [0.4, 0.5) is 4.79 Å². The molecule has 200 valence electrons. The number of unbranched alkanes of at least 4 members (excludes halogenated alkanes) is 12. The highest BCUT2D eigenvalue weighted by molar-refractivity contribution is 5.84. The number of carbonyl (C=O) groups is 3. The molecule has 0 aromatic heterocycles. The number of nitrogens with one attached hydrogen (secondary N) is 3. The Morgan fingerprint density at radius 3 is 1.71 bits per heavy atom. The van der Waals surface area contributed by atoms with E-state index in [-0.39, 0.29) is 17.9 Å². The van der Waals surface area contributed by atoms with Gasteiger partial charge < -0.3 is 20.7 Å². The molecule has 0 bridgehead atoms. The van der Waals surface area contributed by atoms with Crippen molar-refractivity contribution in [1.82, 2.24) is 16.0 Å². The summed E-state index contributed by atoms with van der Waals surface area (Å²) in [6, 6.07) is -0.758. The molecule has 0 fully saturated rings. The van der Waals surface area contributed by atoms with Crippen molar-refractivity contribution in [2.45, 2.75) is 136 Å². The Kier molecular flexibility index (Phi) is 23.1. The van der Waals surface area contributed by atoms with Crippen LogP contribution in [0.15, 0.2) is 0 Å². The van der Waals surface area contributed by atoms with Crippen LogP contribution in [-0.4, -0.2) is 43.6 Å². The summed E-state index contributed by atoms with van der Waals surface area (Å²) in [5, 5.41) is 8.57. The first-order chi connectivity index (χ1) is 16.5. The Labute approximate surface area is 208 Å². The quantitative estimate of drug-likeness (QED) is 0.123. The number of urea groups is 1. The molecule has 0 aromatic carbocycles. The lowest BCUT2D eigenvalue weighted by molar-refractivity contribution is -0.147. The zero-order valence-electron chi connectivity index (χ0n) is 22.4. The van der Waals surface area contributed by atoms with Crippen molar-refractivity contribution < 1.29 is 19.1 Å². The Morgan fingerprint density at radius 1 is 0.647 bits per heavy atom. The predicted octanol–water partition coefficient (Wildman–Crippen LogP) is 6.01. The Hall–Kier alpha value is -1.79. The molecule has 3 N–H and O–H groups in total. The molecule has 7 nitrogen and oxygen atoms in total. The third-order valence-corrected chi connectivity index (χ3v) is 5.93. The fourth-order valence-electron chi connectivity index (χ4n) is 3.85. The zero-order valence-corrected chi connectivity index (χ0v) is 22.4. The maximum atomic E-state index is 12.3. The molecule has 1 unspecified atom stereocenters. The molecule has 0 heterocycles. The molecular weight excluding hydrogens is 430 g/mol. The molecule has 0 spiro atoms. The van der Waals surface area contributed by atoms with Crippen LogP contribution < -0.4 is 16.0 Å². The van der Waals surface area contributed by atoms with E-state index in [2.05, 4.69) is 29.8 Å². The van der Waals surface area contributed by atoms with Gasteiger partial charge >= 0.3 is 12.0 Å². The van der Waals surface area contributed by atoms with E-state index in [1.807, 2.05) is 0 Å². The molecule has 34 heavy (non-hydrogen) atoms. The smallest absolute Gasteiger partial charge is 0.328 e. The lowest BCUT2D eigenvalue weighted by Crippen LogP contribution is -2.42. The van der Waals surface area contributed by atoms with Crippen LogP contribution in [0.2, 0.25) is 0 Å². The van der Waals surface area contributed by atoms with Gasteiger partial charge in [0.25, 0.3) is 0 Å². The van der Waals surface area contributed by atoms with Gasteiger partial charge in [0, 0.05) is 19.5 Å². The van der Waals surface area contributed by atoms with Crippen LogP contribution in [-0.2, 0) is 14.3 Å². The van der Waals surface area contributed by atoms with Crippen LogP contribution in [0.25, 0.3) is 0 Å². The van der Waals surface area contributed by atoms with Gasteiger partial charge in [-0.05, 0) is 39.0 Å². The molecule has 0 saturated carbocycles. The molecule has 0 aliphatic rings. The zero-order chi connectivity index (χ0) is 25.3. The molecule has 7 heteroatoms. The minimum Gasteiger partial charge on any atom is -0.464 e. The predicted molar refractivity (Wildman–Crippen MR) is 140 cm³/mol. The Bertz CT molecular complexity index is 514. The van der Waals surface area contributed by atoms with Crippen LogP contribution in [0.5, 0.6) is 0 Å². The minimum atomic E-state index is -0.613. The van der Waals surface area contributed by atoms with E-state index >= 15 is 0 Å². The van der Waals surface area contributed by atoms with Gasteiger partial charge in [-0.3, -0.25) is 4.79 Å². The number of ether oxygens (including phenoxy) is 1. The molecular formula is C27H53N3O4.